The summed E-state index contributed by atoms with van der Waals surface area (Å²) in [7, 11) is -2.84. The summed E-state index contributed by atoms with van der Waals surface area (Å²) in [6.07, 6.45) is 1.13. The average Bonchev–Trinajstić information content (AvgIpc) is 2.64. The first kappa shape index (κ1) is 26.2. The van der Waals surface area contributed by atoms with Crippen molar-refractivity contribution in [3.63, 3.8) is 0 Å². The van der Waals surface area contributed by atoms with Crippen LogP contribution in [0.3, 0.4) is 0 Å². The lowest BCUT2D eigenvalue weighted by Crippen LogP contribution is -2.46. The molecule has 0 aliphatic heterocycles. The van der Waals surface area contributed by atoms with Gasteiger partial charge in [-0.3, -0.25) is 9.88 Å². The topological polar surface area (TPSA) is 75.6 Å². The molecule has 0 saturated carbocycles. The Hall–Kier alpha value is -2.10. The highest BCUT2D eigenvalue weighted by Gasteiger charge is 2.34. The number of ether oxygens (including phenoxy) is 1. The molecule has 0 heterocycles. The number of carbonyl (C=O) groups excluding carboxylic acids is 1. The minimum Gasteiger partial charge on any atom is -0.508 e. The van der Waals surface area contributed by atoms with Gasteiger partial charge in [0.25, 0.3) is 0 Å². The third kappa shape index (κ3) is 6.70. The van der Waals surface area contributed by atoms with E-state index in [1.165, 1.54) is 5.56 Å². The fourth-order valence-electron chi connectivity index (χ4n) is 4.17. The standard InChI is InChI=1S/C26H38NO4P/c1-9-31-25(29)26(6,7)27-32(8,30)16-21-12-18(4)23(19(5)13-21)15-20-10-11-24(28)22(14-20)17(2)3/h10-14,17,28H,9,15-16H2,1-8H3,(H,27,30). The summed E-state index contributed by atoms with van der Waals surface area (Å²) in [5, 5.41) is 13.1. The number of hydrogen-bond donors (Lipinski definition) is 2. The van der Waals surface area contributed by atoms with Crippen LogP contribution >= 0.6 is 7.29 Å². The predicted molar refractivity (Wildman–Crippen MR) is 132 cm³/mol. The number of aryl methyl sites for hydroxylation is 2. The predicted octanol–water partition coefficient (Wildman–Crippen LogP) is 6.06. The molecular formula is C26H38NO4P. The van der Waals surface area contributed by atoms with Gasteiger partial charge in [-0.15, -0.1) is 0 Å². The number of carbonyl (C=O) groups is 1. The lowest BCUT2D eigenvalue weighted by Gasteiger charge is -2.28. The quantitative estimate of drug-likeness (QED) is 0.352. The highest BCUT2D eigenvalue weighted by Crippen LogP contribution is 2.43. The van der Waals surface area contributed by atoms with Gasteiger partial charge in [-0.05, 0) is 86.4 Å². The highest BCUT2D eigenvalue weighted by atomic mass is 31.2. The van der Waals surface area contributed by atoms with Crippen molar-refractivity contribution in [2.24, 2.45) is 0 Å². The molecule has 0 fully saturated rings. The first-order valence-corrected chi connectivity index (χ1v) is 13.5. The summed E-state index contributed by atoms with van der Waals surface area (Å²) in [6.45, 7) is 15.4. The zero-order chi connectivity index (χ0) is 24.3. The molecule has 32 heavy (non-hydrogen) atoms. The van der Waals surface area contributed by atoms with Crippen LogP contribution in [0.15, 0.2) is 30.3 Å². The van der Waals surface area contributed by atoms with E-state index in [0.717, 1.165) is 34.2 Å². The molecule has 2 aromatic carbocycles. The minimum absolute atomic E-state index is 0.254. The first-order valence-electron chi connectivity index (χ1n) is 11.2. The Labute approximate surface area is 193 Å². The smallest absolute Gasteiger partial charge is 0.326 e. The van der Waals surface area contributed by atoms with Crippen LogP contribution in [0.25, 0.3) is 0 Å². The van der Waals surface area contributed by atoms with Gasteiger partial charge in [0.15, 0.2) is 0 Å². The third-order valence-electron chi connectivity index (χ3n) is 5.64. The van der Waals surface area contributed by atoms with Crippen LogP contribution in [0.4, 0.5) is 0 Å². The SMILES string of the molecule is CCOC(=O)C(C)(C)NP(C)(=O)Cc1cc(C)c(Cc2ccc(O)c(C(C)C)c2)c(C)c1. The fourth-order valence-corrected chi connectivity index (χ4v) is 6.40. The summed E-state index contributed by atoms with van der Waals surface area (Å²) in [4.78, 5) is 12.2. The van der Waals surface area contributed by atoms with E-state index in [4.69, 9.17) is 4.74 Å². The van der Waals surface area contributed by atoms with E-state index in [0.29, 0.717) is 11.9 Å². The molecule has 6 heteroatoms. The van der Waals surface area contributed by atoms with E-state index < -0.39 is 18.8 Å². The monoisotopic (exact) mass is 459 g/mol. The van der Waals surface area contributed by atoms with Gasteiger partial charge in [0.05, 0.1) is 6.61 Å². The zero-order valence-corrected chi connectivity index (χ0v) is 21.6. The van der Waals surface area contributed by atoms with Gasteiger partial charge in [0.2, 0.25) is 0 Å². The van der Waals surface area contributed by atoms with Crippen LogP contribution in [0.2, 0.25) is 0 Å². The van der Waals surface area contributed by atoms with Gasteiger partial charge in [-0.2, -0.15) is 0 Å². The first-order chi connectivity index (χ1) is 14.8. The number of phenolic OH excluding ortho intramolecular Hbond substituents is 1. The van der Waals surface area contributed by atoms with E-state index in [1.807, 2.05) is 6.07 Å². The van der Waals surface area contributed by atoms with E-state index in [1.54, 1.807) is 33.5 Å². The number of phenols is 1. The fraction of sp³-hybridized carbons (Fsp3) is 0.500. The molecule has 0 radical (unpaired) electrons. The molecule has 0 aromatic heterocycles. The summed E-state index contributed by atoms with van der Waals surface area (Å²) in [5.41, 5.74) is 5.60. The summed E-state index contributed by atoms with van der Waals surface area (Å²) in [5.74, 6) is 0.188. The molecule has 1 unspecified atom stereocenters. The Kier molecular flexibility index (Phi) is 8.36. The molecule has 0 aliphatic rings. The maximum Gasteiger partial charge on any atom is 0.326 e. The molecule has 0 aliphatic carbocycles. The summed E-state index contributed by atoms with van der Waals surface area (Å²) in [6, 6.07) is 9.99. The molecule has 1 atom stereocenters. The molecule has 176 valence electrons. The van der Waals surface area contributed by atoms with Crippen LogP contribution in [0.5, 0.6) is 5.75 Å². The van der Waals surface area contributed by atoms with Gasteiger partial charge in [-0.1, -0.05) is 38.1 Å². The van der Waals surface area contributed by atoms with Crippen molar-refractivity contribution < 1.29 is 19.2 Å². The molecule has 2 rings (SSSR count). The number of hydrogen-bond acceptors (Lipinski definition) is 4. The van der Waals surface area contributed by atoms with Crippen LogP contribution < -0.4 is 5.09 Å². The highest BCUT2D eigenvalue weighted by molar-refractivity contribution is 7.60. The van der Waals surface area contributed by atoms with Gasteiger partial charge >= 0.3 is 5.97 Å². The van der Waals surface area contributed by atoms with E-state index in [-0.39, 0.29) is 12.5 Å². The van der Waals surface area contributed by atoms with Crippen molar-refractivity contribution in [3.05, 3.63) is 63.7 Å². The molecule has 0 amide bonds. The summed E-state index contributed by atoms with van der Waals surface area (Å²) < 4.78 is 18.4. The van der Waals surface area contributed by atoms with E-state index >= 15 is 0 Å². The van der Waals surface area contributed by atoms with Crippen molar-refractivity contribution in [2.75, 3.05) is 13.3 Å². The zero-order valence-electron chi connectivity index (χ0n) is 20.7. The normalized spacial score (nSPS) is 13.8. The van der Waals surface area contributed by atoms with E-state index in [9.17, 15) is 14.5 Å². The molecular weight excluding hydrogens is 421 g/mol. The number of aromatic hydroxyl groups is 1. The number of rotatable bonds is 9. The van der Waals surface area contributed by atoms with Gasteiger partial charge < -0.3 is 14.4 Å². The average molecular weight is 460 g/mol. The van der Waals surface area contributed by atoms with Crippen molar-refractivity contribution in [1.82, 2.24) is 5.09 Å². The van der Waals surface area contributed by atoms with Crippen LogP contribution in [0.1, 0.15) is 73.9 Å². The molecule has 5 nitrogen and oxygen atoms in total. The van der Waals surface area contributed by atoms with E-state index in [2.05, 4.69) is 51.0 Å². The second-order valence-corrected chi connectivity index (χ2v) is 12.4. The summed E-state index contributed by atoms with van der Waals surface area (Å²) >= 11 is 0. The van der Waals surface area contributed by atoms with Crippen molar-refractivity contribution >= 4 is 13.3 Å². The number of esters is 1. The van der Waals surface area contributed by atoms with Crippen LogP contribution in [0, 0.1) is 13.8 Å². The molecule has 2 N–H and O–H groups in total. The Balaban J connectivity index is 2.23. The maximum atomic E-state index is 13.3. The third-order valence-corrected chi connectivity index (χ3v) is 7.64. The Morgan fingerprint density at radius 2 is 1.72 bits per heavy atom. The molecule has 0 spiro atoms. The van der Waals surface area contributed by atoms with Gasteiger partial charge in [0.1, 0.15) is 18.6 Å². The number of nitrogens with one attached hydrogen (secondary N) is 1. The lowest BCUT2D eigenvalue weighted by molar-refractivity contribution is -0.148. The van der Waals surface area contributed by atoms with Crippen molar-refractivity contribution in [1.29, 1.82) is 0 Å². The van der Waals surface area contributed by atoms with Crippen LogP contribution in [-0.4, -0.2) is 29.9 Å². The second kappa shape index (κ2) is 10.2. The van der Waals surface area contributed by atoms with Gasteiger partial charge in [0, 0.05) is 12.8 Å². The largest absolute Gasteiger partial charge is 0.508 e. The molecule has 0 bridgehead atoms. The van der Waals surface area contributed by atoms with Crippen molar-refractivity contribution in [3.8, 4) is 5.75 Å². The van der Waals surface area contributed by atoms with Crippen LogP contribution in [-0.2, 0) is 26.7 Å². The lowest BCUT2D eigenvalue weighted by atomic mass is 9.92. The Morgan fingerprint density at radius 3 is 2.25 bits per heavy atom. The Bertz CT molecular complexity index is 1000. The van der Waals surface area contributed by atoms with Gasteiger partial charge in [-0.25, -0.2) is 0 Å². The molecule has 0 saturated heterocycles. The second-order valence-electron chi connectivity index (χ2n) is 9.65. The molecule has 2 aromatic rings. The van der Waals surface area contributed by atoms with Crippen molar-refractivity contribution in [2.45, 2.75) is 72.5 Å². The minimum atomic E-state index is -2.84. The Morgan fingerprint density at radius 1 is 1.12 bits per heavy atom. The number of benzene rings is 2. The maximum absolute atomic E-state index is 13.3.